The average molecular weight is 390 g/mol. The summed E-state index contributed by atoms with van der Waals surface area (Å²) in [5.74, 6) is 0.715. The molecule has 6 heteroatoms. The Bertz CT molecular complexity index is 1010. The molecule has 0 bridgehead atoms. The second-order valence-electron chi connectivity index (χ2n) is 7.82. The van der Waals surface area contributed by atoms with Crippen LogP contribution in [0.3, 0.4) is 0 Å². The third-order valence-electron chi connectivity index (χ3n) is 4.45. The van der Waals surface area contributed by atoms with Crippen LogP contribution < -0.4 is 15.4 Å². The highest BCUT2D eigenvalue weighted by molar-refractivity contribution is 6.03. The molecule has 29 heavy (non-hydrogen) atoms. The van der Waals surface area contributed by atoms with Crippen molar-refractivity contribution in [1.82, 2.24) is 9.97 Å². The van der Waals surface area contributed by atoms with E-state index in [2.05, 4.69) is 41.4 Å². The van der Waals surface area contributed by atoms with E-state index in [9.17, 15) is 4.79 Å². The molecule has 150 valence electrons. The second-order valence-corrected chi connectivity index (χ2v) is 7.82. The summed E-state index contributed by atoms with van der Waals surface area (Å²) >= 11 is 0. The van der Waals surface area contributed by atoms with Crippen molar-refractivity contribution in [3.8, 4) is 5.75 Å². The molecular formula is C23H26N4O2. The normalized spacial score (nSPS) is 11.1. The number of hydrogen-bond donors (Lipinski definition) is 2. The van der Waals surface area contributed by atoms with Crippen LogP contribution in [0.25, 0.3) is 0 Å². The zero-order valence-electron chi connectivity index (χ0n) is 17.4. The van der Waals surface area contributed by atoms with E-state index in [1.54, 1.807) is 13.2 Å². The molecule has 0 saturated heterocycles. The van der Waals surface area contributed by atoms with Crippen molar-refractivity contribution in [2.75, 3.05) is 17.7 Å². The molecule has 0 aliphatic carbocycles. The van der Waals surface area contributed by atoms with Crippen LogP contribution in [-0.4, -0.2) is 23.0 Å². The first-order chi connectivity index (χ1) is 13.8. The molecule has 0 unspecified atom stereocenters. The minimum absolute atomic E-state index is 0.0609. The molecule has 0 fully saturated rings. The third-order valence-corrected chi connectivity index (χ3v) is 4.45. The van der Waals surface area contributed by atoms with Crippen LogP contribution in [0.1, 0.15) is 42.5 Å². The Morgan fingerprint density at radius 1 is 1.00 bits per heavy atom. The van der Waals surface area contributed by atoms with E-state index in [4.69, 9.17) is 4.74 Å². The quantitative estimate of drug-likeness (QED) is 0.635. The number of nitrogens with one attached hydrogen (secondary N) is 2. The molecule has 0 spiro atoms. The molecule has 0 radical (unpaired) electrons. The fourth-order valence-corrected chi connectivity index (χ4v) is 2.86. The number of anilines is 3. The van der Waals surface area contributed by atoms with Crippen LogP contribution in [0.2, 0.25) is 0 Å². The minimum Gasteiger partial charge on any atom is -0.495 e. The Labute approximate surface area is 171 Å². The minimum atomic E-state index is -0.290. The first kappa shape index (κ1) is 20.3. The molecule has 1 amide bonds. The SMILES string of the molecule is COc1ccccc1Nc1nc(C)cc(C(=O)Nc2ccc(C(C)(C)C)cc2)n1. The lowest BCUT2D eigenvalue weighted by molar-refractivity contribution is 0.102. The number of rotatable bonds is 5. The van der Waals surface area contributed by atoms with Gasteiger partial charge in [0.25, 0.3) is 5.91 Å². The Hall–Kier alpha value is -3.41. The number of ether oxygens (including phenoxy) is 1. The Balaban J connectivity index is 1.79. The summed E-state index contributed by atoms with van der Waals surface area (Å²) in [6.07, 6.45) is 0. The third kappa shape index (κ3) is 5.10. The van der Waals surface area contributed by atoms with Gasteiger partial charge in [0.1, 0.15) is 11.4 Å². The van der Waals surface area contributed by atoms with Gasteiger partial charge in [-0.15, -0.1) is 0 Å². The Morgan fingerprint density at radius 3 is 2.34 bits per heavy atom. The van der Waals surface area contributed by atoms with Crippen molar-refractivity contribution < 1.29 is 9.53 Å². The number of para-hydroxylation sites is 2. The summed E-state index contributed by atoms with van der Waals surface area (Å²) in [6, 6.07) is 17.0. The van der Waals surface area contributed by atoms with Gasteiger partial charge < -0.3 is 15.4 Å². The van der Waals surface area contributed by atoms with E-state index >= 15 is 0 Å². The molecule has 2 aromatic carbocycles. The van der Waals surface area contributed by atoms with Gasteiger partial charge in [-0.25, -0.2) is 9.97 Å². The van der Waals surface area contributed by atoms with E-state index in [0.29, 0.717) is 17.4 Å². The van der Waals surface area contributed by atoms with Crippen LogP contribution in [0.4, 0.5) is 17.3 Å². The number of aromatic nitrogens is 2. The van der Waals surface area contributed by atoms with Gasteiger partial charge in [0.2, 0.25) is 5.95 Å². The lowest BCUT2D eigenvalue weighted by Gasteiger charge is -2.19. The van der Waals surface area contributed by atoms with Gasteiger partial charge in [0.15, 0.2) is 0 Å². The number of benzene rings is 2. The Kier molecular flexibility index (Phi) is 5.82. The fourth-order valence-electron chi connectivity index (χ4n) is 2.86. The monoisotopic (exact) mass is 390 g/mol. The van der Waals surface area contributed by atoms with Crippen LogP contribution in [0.5, 0.6) is 5.75 Å². The number of hydrogen-bond acceptors (Lipinski definition) is 5. The maximum Gasteiger partial charge on any atom is 0.274 e. The largest absolute Gasteiger partial charge is 0.495 e. The Morgan fingerprint density at radius 2 is 1.69 bits per heavy atom. The number of carbonyl (C=O) groups excluding carboxylic acids is 1. The topological polar surface area (TPSA) is 76.1 Å². The van der Waals surface area contributed by atoms with Crippen LogP contribution in [-0.2, 0) is 5.41 Å². The lowest BCUT2D eigenvalue weighted by atomic mass is 9.87. The van der Waals surface area contributed by atoms with Crippen molar-refractivity contribution in [3.63, 3.8) is 0 Å². The predicted octanol–water partition coefficient (Wildman–Crippen LogP) is 5.09. The van der Waals surface area contributed by atoms with Gasteiger partial charge in [0, 0.05) is 11.4 Å². The van der Waals surface area contributed by atoms with Crippen molar-refractivity contribution >= 4 is 23.2 Å². The fraction of sp³-hybridized carbons (Fsp3) is 0.261. The van der Waals surface area contributed by atoms with Crippen LogP contribution in [0.15, 0.2) is 54.6 Å². The van der Waals surface area contributed by atoms with Crippen molar-refractivity contribution in [3.05, 3.63) is 71.5 Å². The number of nitrogens with zero attached hydrogens (tertiary/aromatic N) is 2. The van der Waals surface area contributed by atoms with Crippen LogP contribution in [0, 0.1) is 6.92 Å². The number of carbonyl (C=O) groups is 1. The lowest BCUT2D eigenvalue weighted by Crippen LogP contribution is -2.16. The number of methoxy groups -OCH3 is 1. The molecule has 6 nitrogen and oxygen atoms in total. The molecule has 2 N–H and O–H groups in total. The van der Waals surface area contributed by atoms with Gasteiger partial charge >= 0.3 is 0 Å². The van der Waals surface area contributed by atoms with E-state index < -0.39 is 0 Å². The standard InChI is InChI=1S/C23H26N4O2/c1-15-14-19(21(28)25-17-12-10-16(11-13-17)23(2,3)4)27-22(24-15)26-18-8-6-7-9-20(18)29-5/h6-14H,1-5H3,(H,25,28)(H,24,26,27). The highest BCUT2D eigenvalue weighted by Gasteiger charge is 2.15. The first-order valence-corrected chi connectivity index (χ1v) is 9.44. The second kappa shape index (κ2) is 8.31. The zero-order valence-corrected chi connectivity index (χ0v) is 17.4. The molecule has 0 atom stereocenters. The predicted molar refractivity (Wildman–Crippen MR) is 116 cm³/mol. The summed E-state index contributed by atoms with van der Waals surface area (Å²) < 4.78 is 5.34. The molecule has 3 aromatic rings. The molecule has 3 rings (SSSR count). The summed E-state index contributed by atoms with van der Waals surface area (Å²) in [6.45, 7) is 8.28. The van der Waals surface area contributed by atoms with Crippen molar-refractivity contribution in [1.29, 1.82) is 0 Å². The number of amides is 1. The zero-order chi connectivity index (χ0) is 21.0. The first-order valence-electron chi connectivity index (χ1n) is 9.44. The van der Waals surface area contributed by atoms with Gasteiger partial charge in [-0.3, -0.25) is 4.79 Å². The summed E-state index contributed by atoms with van der Waals surface area (Å²) in [5, 5.41) is 6.02. The smallest absolute Gasteiger partial charge is 0.274 e. The van der Waals surface area contributed by atoms with Crippen molar-refractivity contribution in [2.24, 2.45) is 0 Å². The average Bonchev–Trinajstić information content (AvgIpc) is 2.67. The highest BCUT2D eigenvalue weighted by atomic mass is 16.5. The molecule has 1 aromatic heterocycles. The molecule has 0 saturated carbocycles. The molecule has 0 aliphatic rings. The maximum absolute atomic E-state index is 12.7. The van der Waals surface area contributed by atoms with E-state index in [0.717, 1.165) is 11.4 Å². The maximum atomic E-state index is 12.7. The molecule has 0 aliphatic heterocycles. The summed E-state index contributed by atoms with van der Waals surface area (Å²) in [7, 11) is 1.60. The van der Waals surface area contributed by atoms with Gasteiger partial charge in [0.05, 0.1) is 12.8 Å². The van der Waals surface area contributed by atoms with Gasteiger partial charge in [-0.05, 0) is 48.2 Å². The highest BCUT2D eigenvalue weighted by Crippen LogP contribution is 2.26. The van der Waals surface area contributed by atoms with E-state index in [-0.39, 0.29) is 17.0 Å². The van der Waals surface area contributed by atoms with E-state index in [1.165, 1.54) is 5.56 Å². The van der Waals surface area contributed by atoms with Gasteiger partial charge in [-0.2, -0.15) is 0 Å². The van der Waals surface area contributed by atoms with E-state index in [1.807, 2.05) is 55.5 Å². The number of aryl methyl sites for hydroxylation is 1. The molecule has 1 heterocycles. The van der Waals surface area contributed by atoms with Crippen LogP contribution >= 0.6 is 0 Å². The van der Waals surface area contributed by atoms with Crippen molar-refractivity contribution in [2.45, 2.75) is 33.1 Å². The molecular weight excluding hydrogens is 364 g/mol. The van der Waals surface area contributed by atoms with Gasteiger partial charge in [-0.1, -0.05) is 45.0 Å². The summed E-state index contributed by atoms with van der Waals surface area (Å²) in [4.78, 5) is 21.5. The summed E-state index contributed by atoms with van der Waals surface area (Å²) in [5.41, 5.74) is 3.69.